The van der Waals surface area contributed by atoms with Crippen LogP contribution < -0.4 is 5.73 Å². The van der Waals surface area contributed by atoms with E-state index in [0.717, 1.165) is 12.1 Å². The van der Waals surface area contributed by atoms with Crippen molar-refractivity contribution in [3.8, 4) is 0 Å². The minimum absolute atomic E-state index is 0.307. The Kier molecular flexibility index (Phi) is 3.89. The van der Waals surface area contributed by atoms with Gasteiger partial charge in [0.1, 0.15) is 0 Å². The van der Waals surface area contributed by atoms with E-state index in [0.29, 0.717) is 12.5 Å². The second-order valence-electron chi connectivity index (χ2n) is 4.30. The predicted molar refractivity (Wildman–Crippen MR) is 70.9 cm³/mol. The number of rotatable bonds is 4. The third-order valence-electron chi connectivity index (χ3n) is 2.98. The number of hydrogen-bond donors (Lipinski definition) is 1. The van der Waals surface area contributed by atoms with Gasteiger partial charge in [0, 0.05) is 17.8 Å². The zero-order valence-corrected chi connectivity index (χ0v) is 10.1. The Morgan fingerprint density at radius 1 is 1.12 bits per heavy atom. The van der Waals surface area contributed by atoms with E-state index in [1.54, 1.807) is 0 Å². The molecule has 0 bridgehead atoms. The molecule has 0 fully saturated rings. The maximum absolute atomic E-state index is 5.71. The van der Waals surface area contributed by atoms with Crippen molar-refractivity contribution in [1.29, 1.82) is 0 Å². The van der Waals surface area contributed by atoms with Crippen molar-refractivity contribution in [3.05, 3.63) is 65.5 Å². The van der Waals surface area contributed by atoms with E-state index in [1.165, 1.54) is 11.1 Å². The summed E-state index contributed by atoms with van der Waals surface area (Å²) in [6.07, 6.45) is 2.77. The highest BCUT2D eigenvalue weighted by Crippen LogP contribution is 2.25. The molecule has 0 saturated carbocycles. The van der Waals surface area contributed by atoms with Crippen LogP contribution in [0.2, 0.25) is 0 Å². The summed E-state index contributed by atoms with van der Waals surface area (Å²) in [6, 6.07) is 14.7. The first-order valence-corrected chi connectivity index (χ1v) is 5.99. The van der Waals surface area contributed by atoms with Crippen LogP contribution in [0.5, 0.6) is 0 Å². The Balaban J connectivity index is 2.32. The molecular formula is C15H18N2. The number of aryl methyl sites for hydroxylation is 1. The molecule has 2 N–H and O–H groups in total. The van der Waals surface area contributed by atoms with Gasteiger partial charge in [-0.1, -0.05) is 35.9 Å². The topological polar surface area (TPSA) is 38.9 Å². The summed E-state index contributed by atoms with van der Waals surface area (Å²) in [4.78, 5) is 4.44. The van der Waals surface area contributed by atoms with Crippen LogP contribution in [0.25, 0.3) is 0 Å². The van der Waals surface area contributed by atoms with Gasteiger partial charge < -0.3 is 5.73 Å². The van der Waals surface area contributed by atoms with Gasteiger partial charge in [-0.3, -0.25) is 4.98 Å². The third kappa shape index (κ3) is 2.92. The molecule has 0 saturated heterocycles. The summed E-state index contributed by atoms with van der Waals surface area (Å²) in [5.41, 5.74) is 9.38. The number of pyridine rings is 1. The normalized spacial score (nSPS) is 12.4. The molecule has 0 unspecified atom stereocenters. The van der Waals surface area contributed by atoms with E-state index < -0.39 is 0 Å². The van der Waals surface area contributed by atoms with E-state index in [9.17, 15) is 0 Å². The lowest BCUT2D eigenvalue weighted by molar-refractivity contribution is 0.705. The first-order valence-electron chi connectivity index (χ1n) is 5.99. The minimum atomic E-state index is 0.307. The third-order valence-corrected chi connectivity index (χ3v) is 2.98. The molecule has 0 aliphatic rings. The molecule has 0 radical (unpaired) electrons. The molecule has 1 atom stereocenters. The van der Waals surface area contributed by atoms with Crippen LogP contribution in [0.1, 0.15) is 29.2 Å². The zero-order chi connectivity index (χ0) is 12.1. The summed E-state index contributed by atoms with van der Waals surface area (Å²) in [5, 5.41) is 0. The van der Waals surface area contributed by atoms with Crippen molar-refractivity contribution in [2.24, 2.45) is 5.73 Å². The van der Waals surface area contributed by atoms with Gasteiger partial charge in [0.2, 0.25) is 0 Å². The highest BCUT2D eigenvalue weighted by Gasteiger charge is 2.13. The Morgan fingerprint density at radius 3 is 2.47 bits per heavy atom. The Morgan fingerprint density at radius 2 is 1.88 bits per heavy atom. The van der Waals surface area contributed by atoms with Gasteiger partial charge in [0.15, 0.2) is 0 Å². The van der Waals surface area contributed by atoms with Gasteiger partial charge in [0.05, 0.1) is 0 Å². The number of aromatic nitrogens is 1. The standard InChI is InChI=1S/C15H18N2/c1-12-5-7-13(8-6-12)14(9-10-16)15-4-2-3-11-17-15/h2-8,11,14H,9-10,16H2,1H3/t14-/m1/s1. The predicted octanol–water partition coefficient (Wildman–Crippen LogP) is 2.87. The van der Waals surface area contributed by atoms with Crippen molar-refractivity contribution in [3.63, 3.8) is 0 Å². The molecule has 88 valence electrons. The van der Waals surface area contributed by atoms with Crippen molar-refractivity contribution >= 4 is 0 Å². The average molecular weight is 226 g/mol. The first kappa shape index (κ1) is 11.8. The molecular weight excluding hydrogens is 208 g/mol. The fourth-order valence-corrected chi connectivity index (χ4v) is 2.03. The Labute approximate surface area is 103 Å². The van der Waals surface area contributed by atoms with Crippen LogP contribution in [0.4, 0.5) is 0 Å². The molecule has 0 aliphatic carbocycles. The maximum Gasteiger partial charge on any atom is 0.0478 e. The lowest BCUT2D eigenvalue weighted by Gasteiger charge is -2.16. The van der Waals surface area contributed by atoms with Gasteiger partial charge >= 0.3 is 0 Å². The first-order chi connectivity index (χ1) is 8.31. The van der Waals surface area contributed by atoms with Gasteiger partial charge in [-0.15, -0.1) is 0 Å². The maximum atomic E-state index is 5.71. The van der Waals surface area contributed by atoms with Crippen LogP contribution in [0, 0.1) is 6.92 Å². The van der Waals surface area contributed by atoms with Crippen molar-refractivity contribution in [2.75, 3.05) is 6.54 Å². The zero-order valence-electron chi connectivity index (χ0n) is 10.1. The summed E-state index contributed by atoms with van der Waals surface area (Å²) >= 11 is 0. The number of benzene rings is 1. The lowest BCUT2D eigenvalue weighted by Crippen LogP contribution is -2.10. The smallest absolute Gasteiger partial charge is 0.0478 e. The largest absolute Gasteiger partial charge is 0.330 e. The van der Waals surface area contributed by atoms with E-state index >= 15 is 0 Å². The molecule has 2 heteroatoms. The van der Waals surface area contributed by atoms with Crippen LogP contribution in [0.15, 0.2) is 48.7 Å². The van der Waals surface area contributed by atoms with E-state index in [2.05, 4.69) is 42.2 Å². The van der Waals surface area contributed by atoms with Gasteiger partial charge in [-0.25, -0.2) is 0 Å². The molecule has 0 amide bonds. The molecule has 1 heterocycles. The molecule has 1 aromatic carbocycles. The summed E-state index contributed by atoms with van der Waals surface area (Å²) in [7, 11) is 0. The van der Waals surface area contributed by atoms with Gasteiger partial charge in [0.25, 0.3) is 0 Å². The molecule has 0 aliphatic heterocycles. The summed E-state index contributed by atoms with van der Waals surface area (Å²) < 4.78 is 0. The molecule has 0 spiro atoms. The fraction of sp³-hybridized carbons (Fsp3) is 0.267. The monoisotopic (exact) mass is 226 g/mol. The fourth-order valence-electron chi connectivity index (χ4n) is 2.03. The van der Waals surface area contributed by atoms with E-state index in [1.807, 2.05) is 18.3 Å². The molecule has 2 aromatic rings. The molecule has 1 aromatic heterocycles. The second-order valence-corrected chi connectivity index (χ2v) is 4.30. The summed E-state index contributed by atoms with van der Waals surface area (Å²) in [5.74, 6) is 0.307. The van der Waals surface area contributed by atoms with Crippen LogP contribution in [0.3, 0.4) is 0 Å². The number of nitrogens with zero attached hydrogens (tertiary/aromatic N) is 1. The Hall–Kier alpha value is -1.67. The molecule has 2 nitrogen and oxygen atoms in total. The van der Waals surface area contributed by atoms with Crippen LogP contribution in [-0.2, 0) is 0 Å². The lowest BCUT2D eigenvalue weighted by atomic mass is 9.91. The highest BCUT2D eigenvalue weighted by molar-refractivity contribution is 5.30. The van der Waals surface area contributed by atoms with Crippen LogP contribution >= 0.6 is 0 Å². The quantitative estimate of drug-likeness (QED) is 0.870. The van der Waals surface area contributed by atoms with Gasteiger partial charge in [-0.05, 0) is 37.6 Å². The van der Waals surface area contributed by atoms with Gasteiger partial charge in [-0.2, -0.15) is 0 Å². The van der Waals surface area contributed by atoms with E-state index in [-0.39, 0.29) is 0 Å². The van der Waals surface area contributed by atoms with Crippen molar-refractivity contribution in [2.45, 2.75) is 19.3 Å². The molecule has 2 rings (SSSR count). The molecule has 17 heavy (non-hydrogen) atoms. The number of nitrogens with two attached hydrogens (primary N) is 1. The van der Waals surface area contributed by atoms with Crippen LogP contribution in [-0.4, -0.2) is 11.5 Å². The highest BCUT2D eigenvalue weighted by atomic mass is 14.7. The van der Waals surface area contributed by atoms with E-state index in [4.69, 9.17) is 5.73 Å². The second kappa shape index (κ2) is 5.60. The SMILES string of the molecule is Cc1ccc([C@@H](CCN)c2ccccn2)cc1. The minimum Gasteiger partial charge on any atom is -0.330 e. The summed E-state index contributed by atoms with van der Waals surface area (Å²) in [6.45, 7) is 2.78. The Bertz CT molecular complexity index is 448. The van der Waals surface area contributed by atoms with Crippen molar-refractivity contribution < 1.29 is 0 Å². The average Bonchev–Trinajstić information content (AvgIpc) is 2.38. The van der Waals surface area contributed by atoms with Crippen molar-refractivity contribution in [1.82, 2.24) is 4.98 Å². The number of hydrogen-bond acceptors (Lipinski definition) is 2.